The number of halogens is 1. The van der Waals surface area contributed by atoms with Gasteiger partial charge in [-0.3, -0.25) is 0 Å². The highest BCUT2D eigenvalue weighted by Crippen LogP contribution is 2.08. The summed E-state index contributed by atoms with van der Waals surface area (Å²) in [5, 5.41) is 0. The summed E-state index contributed by atoms with van der Waals surface area (Å²) in [6.45, 7) is 0.591. The molecule has 0 spiro atoms. The van der Waals surface area contributed by atoms with Crippen molar-refractivity contribution in [3.05, 3.63) is 23.9 Å². The smallest absolute Gasteiger partial charge is 0.195 e. The summed E-state index contributed by atoms with van der Waals surface area (Å²) in [5.74, 6) is 1.89. The molecule has 5 nitrogen and oxygen atoms in total. The van der Waals surface area contributed by atoms with Crippen molar-refractivity contribution >= 4 is 35.8 Å². The predicted octanol–water partition coefficient (Wildman–Crippen LogP) is 1.74. The molecule has 0 radical (unpaired) electrons. The molecule has 0 atom stereocenters. The molecule has 0 saturated carbocycles. The Morgan fingerprint density at radius 2 is 1.63 bits per heavy atom. The lowest BCUT2D eigenvalue weighted by Gasteiger charge is -2.22. The molecule has 1 aromatic rings. The summed E-state index contributed by atoms with van der Waals surface area (Å²) in [5.41, 5.74) is 0.974. The molecule has 0 unspecified atom stereocenters. The van der Waals surface area contributed by atoms with Crippen LogP contribution in [0.2, 0.25) is 0 Å². The van der Waals surface area contributed by atoms with Gasteiger partial charge in [0.25, 0.3) is 0 Å². The molecule has 1 heterocycles. The van der Waals surface area contributed by atoms with Crippen molar-refractivity contribution in [1.82, 2.24) is 14.8 Å². The number of hydrogen-bond acceptors (Lipinski definition) is 3. The lowest BCUT2D eigenvalue weighted by atomic mass is 10.3. The third kappa shape index (κ3) is 5.63. The molecular formula is C13H24IN5. The number of rotatable bonds is 3. The van der Waals surface area contributed by atoms with Crippen molar-refractivity contribution in [2.75, 3.05) is 47.2 Å². The minimum atomic E-state index is 0. The third-order valence-corrected chi connectivity index (χ3v) is 2.43. The van der Waals surface area contributed by atoms with Gasteiger partial charge in [0.05, 0.1) is 12.2 Å². The average Bonchev–Trinajstić information content (AvgIpc) is 2.28. The number of hydrogen-bond donors (Lipinski definition) is 0. The summed E-state index contributed by atoms with van der Waals surface area (Å²) < 4.78 is 0. The van der Waals surface area contributed by atoms with E-state index in [-0.39, 0.29) is 24.0 Å². The van der Waals surface area contributed by atoms with E-state index in [1.165, 1.54) is 0 Å². The first-order valence-corrected chi connectivity index (χ1v) is 5.94. The van der Waals surface area contributed by atoms with Crippen LogP contribution in [0.15, 0.2) is 23.2 Å². The zero-order valence-electron chi connectivity index (χ0n) is 12.6. The first-order valence-electron chi connectivity index (χ1n) is 5.94. The standard InChI is InChI=1S/C13H23N5.HI/c1-16(2)12-9-7-8-11(15-12)10-14-13(17(3)4)18(5)6;/h7-9H,10H2,1-6H3;1H. The zero-order valence-corrected chi connectivity index (χ0v) is 14.9. The van der Waals surface area contributed by atoms with Gasteiger partial charge in [0.1, 0.15) is 5.82 Å². The maximum Gasteiger partial charge on any atom is 0.195 e. The van der Waals surface area contributed by atoms with Gasteiger partial charge in [-0.05, 0) is 12.1 Å². The van der Waals surface area contributed by atoms with Crippen molar-refractivity contribution in [3.63, 3.8) is 0 Å². The van der Waals surface area contributed by atoms with Crippen LogP contribution in [0, 0.1) is 0 Å². The Labute approximate surface area is 133 Å². The van der Waals surface area contributed by atoms with Gasteiger partial charge in [-0.15, -0.1) is 24.0 Å². The number of nitrogens with zero attached hydrogens (tertiary/aromatic N) is 5. The Kier molecular flexibility index (Phi) is 7.73. The van der Waals surface area contributed by atoms with Crippen LogP contribution in [-0.2, 0) is 6.54 Å². The number of aromatic nitrogens is 1. The summed E-state index contributed by atoms with van der Waals surface area (Å²) in [6.07, 6.45) is 0. The van der Waals surface area contributed by atoms with E-state index in [0.29, 0.717) is 6.54 Å². The van der Waals surface area contributed by atoms with Gasteiger partial charge in [-0.1, -0.05) is 6.07 Å². The van der Waals surface area contributed by atoms with Crippen LogP contribution in [0.5, 0.6) is 0 Å². The molecule has 0 N–H and O–H groups in total. The van der Waals surface area contributed by atoms with Crippen LogP contribution in [0.4, 0.5) is 5.82 Å². The Bertz CT molecular complexity index is 405. The van der Waals surface area contributed by atoms with E-state index in [0.717, 1.165) is 17.5 Å². The highest BCUT2D eigenvalue weighted by Gasteiger charge is 2.04. The second-order valence-electron chi connectivity index (χ2n) is 4.79. The number of aliphatic imine (C=N–C) groups is 1. The minimum absolute atomic E-state index is 0. The average molecular weight is 377 g/mol. The van der Waals surface area contributed by atoms with Gasteiger partial charge < -0.3 is 14.7 Å². The molecule has 19 heavy (non-hydrogen) atoms. The zero-order chi connectivity index (χ0) is 13.7. The minimum Gasteiger partial charge on any atom is -0.363 e. The first-order chi connectivity index (χ1) is 8.41. The van der Waals surface area contributed by atoms with E-state index in [9.17, 15) is 0 Å². The molecule has 1 rings (SSSR count). The molecule has 0 fully saturated rings. The van der Waals surface area contributed by atoms with Crippen molar-refractivity contribution in [1.29, 1.82) is 0 Å². The van der Waals surface area contributed by atoms with Crippen molar-refractivity contribution in [3.8, 4) is 0 Å². The van der Waals surface area contributed by atoms with Crippen LogP contribution in [0.25, 0.3) is 0 Å². The van der Waals surface area contributed by atoms with E-state index in [2.05, 4.69) is 9.98 Å². The molecule has 0 aliphatic carbocycles. The normalized spacial score (nSPS) is 9.37. The van der Waals surface area contributed by atoms with Crippen molar-refractivity contribution in [2.24, 2.45) is 4.99 Å². The Morgan fingerprint density at radius 1 is 1.05 bits per heavy atom. The maximum absolute atomic E-state index is 4.58. The summed E-state index contributed by atoms with van der Waals surface area (Å²) in [4.78, 5) is 15.1. The predicted molar refractivity (Wildman–Crippen MR) is 92.5 cm³/mol. The van der Waals surface area contributed by atoms with E-state index >= 15 is 0 Å². The fourth-order valence-electron chi connectivity index (χ4n) is 1.64. The fourth-order valence-corrected chi connectivity index (χ4v) is 1.64. The SMILES string of the molecule is CN(C)C(=NCc1cccc(N(C)C)n1)N(C)C.I. The first kappa shape index (κ1) is 17.9. The van der Waals surface area contributed by atoms with Crippen molar-refractivity contribution < 1.29 is 0 Å². The lowest BCUT2D eigenvalue weighted by Crippen LogP contribution is -2.35. The molecular weight excluding hydrogens is 353 g/mol. The lowest BCUT2D eigenvalue weighted by molar-refractivity contribution is 0.479. The Morgan fingerprint density at radius 3 is 2.11 bits per heavy atom. The molecule has 0 amide bonds. The molecule has 0 aliphatic rings. The largest absolute Gasteiger partial charge is 0.363 e. The third-order valence-electron chi connectivity index (χ3n) is 2.43. The van der Waals surface area contributed by atoms with Gasteiger partial charge in [-0.25, -0.2) is 9.98 Å². The van der Waals surface area contributed by atoms with Gasteiger partial charge >= 0.3 is 0 Å². The van der Waals surface area contributed by atoms with Crippen LogP contribution in [0.3, 0.4) is 0 Å². The quantitative estimate of drug-likeness (QED) is 0.457. The number of anilines is 1. The molecule has 108 valence electrons. The summed E-state index contributed by atoms with van der Waals surface area (Å²) in [6, 6.07) is 6.00. The fraction of sp³-hybridized carbons (Fsp3) is 0.538. The molecule has 0 saturated heterocycles. The summed E-state index contributed by atoms with van der Waals surface area (Å²) in [7, 11) is 11.9. The summed E-state index contributed by atoms with van der Waals surface area (Å²) >= 11 is 0. The van der Waals surface area contributed by atoms with E-state index < -0.39 is 0 Å². The topological polar surface area (TPSA) is 35.0 Å². The number of guanidine groups is 1. The van der Waals surface area contributed by atoms with E-state index in [1.807, 2.05) is 75.2 Å². The van der Waals surface area contributed by atoms with Gasteiger partial charge in [0.15, 0.2) is 5.96 Å². The molecule has 0 bridgehead atoms. The van der Waals surface area contributed by atoms with Gasteiger partial charge in [-0.2, -0.15) is 0 Å². The van der Waals surface area contributed by atoms with Gasteiger partial charge in [0, 0.05) is 42.3 Å². The van der Waals surface area contributed by atoms with E-state index in [1.54, 1.807) is 0 Å². The monoisotopic (exact) mass is 377 g/mol. The Hall–Kier alpha value is -1.05. The van der Waals surface area contributed by atoms with Crippen LogP contribution in [-0.4, -0.2) is 63.0 Å². The van der Waals surface area contributed by atoms with Crippen LogP contribution in [0.1, 0.15) is 5.69 Å². The van der Waals surface area contributed by atoms with Crippen LogP contribution >= 0.6 is 24.0 Å². The van der Waals surface area contributed by atoms with Gasteiger partial charge in [0.2, 0.25) is 0 Å². The maximum atomic E-state index is 4.58. The second-order valence-corrected chi connectivity index (χ2v) is 4.79. The van der Waals surface area contributed by atoms with Crippen molar-refractivity contribution in [2.45, 2.75) is 6.54 Å². The molecule has 0 aromatic carbocycles. The Balaban J connectivity index is 0.00000324. The van der Waals surface area contributed by atoms with E-state index in [4.69, 9.17) is 0 Å². The van der Waals surface area contributed by atoms with Crippen LogP contribution < -0.4 is 4.90 Å². The highest BCUT2D eigenvalue weighted by molar-refractivity contribution is 14.0. The number of pyridine rings is 1. The second kappa shape index (κ2) is 8.19. The molecule has 0 aliphatic heterocycles. The highest BCUT2D eigenvalue weighted by atomic mass is 127. The molecule has 1 aromatic heterocycles. The molecule has 6 heteroatoms.